The van der Waals surface area contributed by atoms with Gasteiger partial charge >= 0.3 is 0 Å². The summed E-state index contributed by atoms with van der Waals surface area (Å²) < 4.78 is 13.6. The van der Waals surface area contributed by atoms with Crippen LogP contribution in [0.5, 0.6) is 0 Å². The van der Waals surface area contributed by atoms with Gasteiger partial charge in [-0.25, -0.2) is 4.39 Å². The quantitative estimate of drug-likeness (QED) is 0.915. The van der Waals surface area contributed by atoms with E-state index < -0.39 is 0 Å². The molecule has 0 saturated heterocycles. The van der Waals surface area contributed by atoms with Gasteiger partial charge in [-0.2, -0.15) is 11.8 Å². The van der Waals surface area contributed by atoms with E-state index in [0.29, 0.717) is 0 Å². The average Bonchev–Trinajstić information content (AvgIpc) is 2.08. The maximum atomic E-state index is 12.7. The highest BCUT2D eigenvalue weighted by Gasteiger charge is 2.02. The summed E-state index contributed by atoms with van der Waals surface area (Å²) in [4.78, 5) is 0. The molecular weight excluding hydrogens is 265 g/mol. The number of halogens is 2. The second-order valence-corrected chi connectivity index (χ2v) is 5.11. The van der Waals surface area contributed by atoms with Crippen LogP contribution >= 0.6 is 27.7 Å². The molecule has 78 valence electrons. The van der Waals surface area contributed by atoms with Crippen LogP contribution in [0.25, 0.3) is 0 Å². The van der Waals surface area contributed by atoms with Crippen LogP contribution in [0.15, 0.2) is 22.7 Å². The molecule has 0 aliphatic carbocycles. The lowest BCUT2D eigenvalue weighted by Crippen LogP contribution is -2.17. The molecule has 0 bridgehead atoms. The molecule has 4 heteroatoms. The van der Waals surface area contributed by atoms with Crippen LogP contribution in [0.1, 0.15) is 12.5 Å². The first-order valence-electron chi connectivity index (χ1n) is 4.37. The highest BCUT2D eigenvalue weighted by atomic mass is 79.9. The van der Waals surface area contributed by atoms with Crippen LogP contribution < -0.4 is 5.73 Å². The van der Waals surface area contributed by atoms with Gasteiger partial charge in [-0.05, 0) is 24.6 Å². The second-order valence-electron chi connectivity index (χ2n) is 3.23. The Labute approximate surface area is 96.4 Å². The van der Waals surface area contributed by atoms with Crippen molar-refractivity contribution in [1.82, 2.24) is 0 Å². The Morgan fingerprint density at radius 3 is 2.86 bits per heavy atom. The number of hydrogen-bond donors (Lipinski definition) is 1. The Kier molecular flexibility index (Phi) is 4.92. The fourth-order valence-electron chi connectivity index (χ4n) is 0.994. The third-order valence-corrected chi connectivity index (χ3v) is 3.67. The summed E-state index contributed by atoms with van der Waals surface area (Å²) in [5.41, 5.74) is 6.73. The predicted molar refractivity (Wildman–Crippen MR) is 63.9 cm³/mol. The normalized spacial score (nSPS) is 12.9. The SMILES string of the molecule is CC(N)CSCc1ccc(F)cc1Br. The first-order chi connectivity index (χ1) is 6.59. The molecule has 1 atom stereocenters. The maximum Gasteiger partial charge on any atom is 0.124 e. The minimum atomic E-state index is -0.210. The lowest BCUT2D eigenvalue weighted by Gasteiger charge is -2.06. The van der Waals surface area contributed by atoms with Gasteiger partial charge in [0.05, 0.1) is 0 Å². The Hall–Kier alpha value is -0.0600. The number of thioether (sulfide) groups is 1. The monoisotopic (exact) mass is 277 g/mol. The summed E-state index contributed by atoms with van der Waals surface area (Å²) in [5.74, 6) is 1.57. The van der Waals surface area contributed by atoms with Crippen molar-refractivity contribution in [1.29, 1.82) is 0 Å². The van der Waals surface area contributed by atoms with E-state index >= 15 is 0 Å². The van der Waals surface area contributed by atoms with Gasteiger partial charge in [-0.1, -0.05) is 22.0 Å². The molecule has 0 spiro atoms. The maximum absolute atomic E-state index is 12.7. The Morgan fingerprint density at radius 2 is 2.29 bits per heavy atom. The minimum Gasteiger partial charge on any atom is -0.327 e. The lowest BCUT2D eigenvalue weighted by atomic mass is 10.2. The van der Waals surface area contributed by atoms with Crippen LogP contribution in [0.2, 0.25) is 0 Å². The van der Waals surface area contributed by atoms with Crippen LogP contribution in [0.4, 0.5) is 4.39 Å². The second kappa shape index (κ2) is 5.73. The van der Waals surface area contributed by atoms with Crippen molar-refractivity contribution in [3.63, 3.8) is 0 Å². The zero-order valence-corrected chi connectivity index (χ0v) is 10.4. The summed E-state index contributed by atoms with van der Waals surface area (Å²) in [6, 6.07) is 4.97. The Balaban J connectivity index is 2.51. The van der Waals surface area contributed by atoms with E-state index in [1.165, 1.54) is 12.1 Å². The highest BCUT2D eigenvalue weighted by Crippen LogP contribution is 2.22. The molecule has 0 amide bonds. The molecule has 0 fully saturated rings. The molecule has 0 aromatic heterocycles. The molecule has 0 heterocycles. The molecule has 1 rings (SSSR count). The van der Waals surface area contributed by atoms with Gasteiger partial charge in [0, 0.05) is 22.0 Å². The summed E-state index contributed by atoms with van der Waals surface area (Å²) >= 11 is 5.09. The van der Waals surface area contributed by atoms with Crippen LogP contribution in [-0.2, 0) is 5.75 Å². The van der Waals surface area contributed by atoms with Crippen molar-refractivity contribution >= 4 is 27.7 Å². The molecule has 1 nitrogen and oxygen atoms in total. The first-order valence-corrected chi connectivity index (χ1v) is 6.31. The molecule has 1 aromatic rings. The van der Waals surface area contributed by atoms with Crippen LogP contribution in [0, 0.1) is 5.82 Å². The van der Waals surface area contributed by atoms with Gasteiger partial charge < -0.3 is 5.73 Å². The molecule has 0 aliphatic heterocycles. The van der Waals surface area contributed by atoms with Crippen molar-refractivity contribution in [3.05, 3.63) is 34.1 Å². The van der Waals surface area contributed by atoms with E-state index in [9.17, 15) is 4.39 Å². The van der Waals surface area contributed by atoms with E-state index in [0.717, 1.165) is 21.5 Å². The molecule has 1 unspecified atom stereocenters. The van der Waals surface area contributed by atoms with E-state index in [-0.39, 0.29) is 11.9 Å². The number of benzene rings is 1. The molecule has 0 aliphatic rings. The van der Waals surface area contributed by atoms with Gasteiger partial charge in [0.2, 0.25) is 0 Å². The topological polar surface area (TPSA) is 26.0 Å². The molecule has 1 aromatic carbocycles. The molecule has 2 N–H and O–H groups in total. The molecular formula is C10H13BrFNS. The smallest absolute Gasteiger partial charge is 0.124 e. The summed E-state index contributed by atoms with van der Waals surface area (Å²) in [6.45, 7) is 1.98. The number of rotatable bonds is 4. The summed E-state index contributed by atoms with van der Waals surface area (Å²) in [7, 11) is 0. The fraction of sp³-hybridized carbons (Fsp3) is 0.400. The lowest BCUT2D eigenvalue weighted by molar-refractivity contribution is 0.626. The zero-order valence-electron chi connectivity index (χ0n) is 7.97. The van der Waals surface area contributed by atoms with Gasteiger partial charge in [-0.3, -0.25) is 0 Å². The molecule has 0 radical (unpaired) electrons. The van der Waals surface area contributed by atoms with Gasteiger partial charge in [0.25, 0.3) is 0 Å². The summed E-state index contributed by atoms with van der Waals surface area (Å²) in [5, 5.41) is 0. The van der Waals surface area contributed by atoms with Gasteiger partial charge in [-0.15, -0.1) is 0 Å². The van der Waals surface area contributed by atoms with E-state index in [2.05, 4.69) is 15.9 Å². The Morgan fingerprint density at radius 1 is 1.57 bits per heavy atom. The number of hydrogen-bond acceptors (Lipinski definition) is 2. The standard InChI is InChI=1S/C10H13BrFNS/c1-7(13)5-14-6-8-2-3-9(12)4-10(8)11/h2-4,7H,5-6,13H2,1H3. The van der Waals surface area contributed by atoms with Crippen molar-refractivity contribution in [2.45, 2.75) is 18.7 Å². The minimum absolute atomic E-state index is 0.208. The van der Waals surface area contributed by atoms with Gasteiger partial charge in [0.15, 0.2) is 0 Å². The Bertz CT molecular complexity index is 304. The zero-order chi connectivity index (χ0) is 10.6. The van der Waals surface area contributed by atoms with Crippen molar-refractivity contribution < 1.29 is 4.39 Å². The molecule has 0 saturated carbocycles. The molecule has 14 heavy (non-hydrogen) atoms. The van der Waals surface area contributed by atoms with E-state index in [1.807, 2.05) is 6.92 Å². The van der Waals surface area contributed by atoms with Crippen LogP contribution in [0.3, 0.4) is 0 Å². The number of nitrogens with two attached hydrogens (primary N) is 1. The largest absolute Gasteiger partial charge is 0.327 e. The third kappa shape index (κ3) is 3.98. The fourth-order valence-corrected chi connectivity index (χ4v) is 2.63. The van der Waals surface area contributed by atoms with E-state index in [1.54, 1.807) is 17.8 Å². The third-order valence-electron chi connectivity index (χ3n) is 1.65. The van der Waals surface area contributed by atoms with Crippen LogP contribution in [-0.4, -0.2) is 11.8 Å². The van der Waals surface area contributed by atoms with Crippen molar-refractivity contribution in [2.75, 3.05) is 5.75 Å². The summed E-state index contributed by atoms with van der Waals surface area (Å²) in [6.07, 6.45) is 0. The highest BCUT2D eigenvalue weighted by molar-refractivity contribution is 9.10. The van der Waals surface area contributed by atoms with E-state index in [4.69, 9.17) is 5.73 Å². The van der Waals surface area contributed by atoms with Crippen molar-refractivity contribution in [3.8, 4) is 0 Å². The first kappa shape index (κ1) is 12.0. The predicted octanol–water partition coefficient (Wildman–Crippen LogP) is 3.17. The van der Waals surface area contributed by atoms with Crippen molar-refractivity contribution in [2.24, 2.45) is 5.73 Å². The van der Waals surface area contributed by atoms with Gasteiger partial charge in [0.1, 0.15) is 5.82 Å². The average molecular weight is 278 g/mol.